The number of nitrogens with zero attached hydrogens (tertiary/aromatic N) is 1. The third-order valence-corrected chi connectivity index (χ3v) is 5.03. The third kappa shape index (κ3) is 4.55. The molecule has 1 aromatic heterocycles. The predicted octanol–water partition coefficient (Wildman–Crippen LogP) is 3.26. The van der Waals surface area contributed by atoms with Crippen LogP contribution < -0.4 is 9.46 Å². The monoisotopic (exact) mass is 348 g/mol. The van der Waals surface area contributed by atoms with Gasteiger partial charge in [-0.2, -0.15) is 0 Å². The van der Waals surface area contributed by atoms with Gasteiger partial charge in [-0.05, 0) is 36.1 Å². The number of benzene rings is 1. The standard InChI is InChI=1S/C18H24N2O3S/c1-5-23-17-14(7-6-12-19-17)13-20-24(21,22)16-10-8-15(9-11-16)18(2,3)4/h6-12,20H,5,13H2,1-4H3. The fraction of sp³-hybridized carbons (Fsp3) is 0.389. The lowest BCUT2D eigenvalue weighted by Gasteiger charge is -2.19. The van der Waals surface area contributed by atoms with Crippen LogP contribution >= 0.6 is 0 Å². The van der Waals surface area contributed by atoms with Crippen LogP contribution in [0.3, 0.4) is 0 Å². The van der Waals surface area contributed by atoms with E-state index in [1.807, 2.05) is 19.1 Å². The normalized spacial score (nSPS) is 12.2. The van der Waals surface area contributed by atoms with E-state index in [1.165, 1.54) is 0 Å². The van der Waals surface area contributed by atoms with Crippen molar-refractivity contribution in [2.24, 2.45) is 0 Å². The molecule has 0 fully saturated rings. The summed E-state index contributed by atoms with van der Waals surface area (Å²) in [5, 5.41) is 0. The van der Waals surface area contributed by atoms with Gasteiger partial charge < -0.3 is 4.74 Å². The maximum absolute atomic E-state index is 12.5. The van der Waals surface area contributed by atoms with E-state index in [9.17, 15) is 8.42 Å². The summed E-state index contributed by atoms with van der Waals surface area (Å²) in [7, 11) is -3.59. The van der Waals surface area contributed by atoms with E-state index in [1.54, 1.807) is 30.5 Å². The van der Waals surface area contributed by atoms with Gasteiger partial charge in [0.05, 0.1) is 11.5 Å². The second kappa shape index (κ2) is 7.32. The van der Waals surface area contributed by atoms with Crippen LogP contribution in [0.5, 0.6) is 5.88 Å². The average molecular weight is 348 g/mol. The minimum atomic E-state index is -3.59. The maximum atomic E-state index is 12.5. The van der Waals surface area contributed by atoms with Gasteiger partial charge >= 0.3 is 0 Å². The molecule has 0 aliphatic heterocycles. The Hall–Kier alpha value is -1.92. The zero-order chi connectivity index (χ0) is 17.8. The van der Waals surface area contributed by atoms with Gasteiger partial charge in [-0.25, -0.2) is 18.1 Å². The molecule has 0 saturated carbocycles. The molecule has 0 spiro atoms. The number of hydrogen-bond acceptors (Lipinski definition) is 4. The number of hydrogen-bond donors (Lipinski definition) is 1. The lowest BCUT2D eigenvalue weighted by Crippen LogP contribution is -2.24. The molecule has 1 N–H and O–H groups in total. The van der Waals surface area contributed by atoms with Crippen LogP contribution in [0.15, 0.2) is 47.5 Å². The first-order valence-electron chi connectivity index (χ1n) is 7.91. The van der Waals surface area contributed by atoms with Crippen molar-refractivity contribution < 1.29 is 13.2 Å². The molecule has 0 aliphatic rings. The Morgan fingerprint density at radius 1 is 1.12 bits per heavy atom. The van der Waals surface area contributed by atoms with Gasteiger partial charge in [0.15, 0.2) is 0 Å². The van der Waals surface area contributed by atoms with Crippen molar-refractivity contribution in [3.63, 3.8) is 0 Å². The molecular formula is C18H24N2O3S. The summed E-state index contributed by atoms with van der Waals surface area (Å²) in [5.74, 6) is 0.450. The number of ether oxygens (including phenoxy) is 1. The first-order valence-corrected chi connectivity index (χ1v) is 9.39. The largest absolute Gasteiger partial charge is 0.478 e. The van der Waals surface area contributed by atoms with E-state index in [-0.39, 0.29) is 16.9 Å². The minimum Gasteiger partial charge on any atom is -0.478 e. The second-order valence-corrected chi connectivity index (χ2v) is 8.27. The predicted molar refractivity (Wildman–Crippen MR) is 94.6 cm³/mol. The molecule has 0 saturated heterocycles. The Morgan fingerprint density at radius 3 is 2.38 bits per heavy atom. The Kier molecular flexibility index (Phi) is 5.62. The molecule has 0 aliphatic carbocycles. The average Bonchev–Trinajstić information content (AvgIpc) is 2.54. The van der Waals surface area contributed by atoms with Gasteiger partial charge in [-0.3, -0.25) is 0 Å². The number of pyridine rings is 1. The minimum absolute atomic E-state index is 0.0161. The molecule has 0 unspecified atom stereocenters. The summed E-state index contributed by atoms with van der Waals surface area (Å²) < 4.78 is 32.9. The third-order valence-electron chi connectivity index (χ3n) is 3.61. The highest BCUT2D eigenvalue weighted by atomic mass is 32.2. The van der Waals surface area contributed by atoms with Crippen molar-refractivity contribution in [3.8, 4) is 5.88 Å². The maximum Gasteiger partial charge on any atom is 0.240 e. The highest BCUT2D eigenvalue weighted by Gasteiger charge is 2.18. The topological polar surface area (TPSA) is 68.3 Å². The van der Waals surface area contributed by atoms with Crippen molar-refractivity contribution in [1.82, 2.24) is 9.71 Å². The van der Waals surface area contributed by atoms with Crippen molar-refractivity contribution >= 4 is 10.0 Å². The molecule has 130 valence electrons. The lowest BCUT2D eigenvalue weighted by atomic mass is 9.87. The van der Waals surface area contributed by atoms with E-state index in [4.69, 9.17) is 4.74 Å². The fourth-order valence-corrected chi connectivity index (χ4v) is 3.22. The van der Waals surface area contributed by atoms with Crippen LogP contribution in [-0.2, 0) is 22.0 Å². The van der Waals surface area contributed by atoms with E-state index in [0.29, 0.717) is 18.1 Å². The first-order chi connectivity index (χ1) is 11.2. The summed E-state index contributed by atoms with van der Waals surface area (Å²) >= 11 is 0. The van der Waals surface area contributed by atoms with Crippen LogP contribution in [0.1, 0.15) is 38.8 Å². The highest BCUT2D eigenvalue weighted by Crippen LogP contribution is 2.23. The van der Waals surface area contributed by atoms with Crippen molar-refractivity contribution in [2.75, 3.05) is 6.61 Å². The molecule has 24 heavy (non-hydrogen) atoms. The van der Waals surface area contributed by atoms with Gasteiger partial charge in [0.25, 0.3) is 0 Å². The zero-order valence-electron chi connectivity index (χ0n) is 14.5. The number of rotatable bonds is 6. The van der Waals surface area contributed by atoms with E-state index in [0.717, 1.165) is 5.56 Å². The zero-order valence-corrected chi connectivity index (χ0v) is 15.4. The van der Waals surface area contributed by atoms with Crippen LogP contribution in [-0.4, -0.2) is 20.0 Å². The Bertz CT molecular complexity index is 779. The number of nitrogens with one attached hydrogen (secondary N) is 1. The summed E-state index contributed by atoms with van der Waals surface area (Å²) in [4.78, 5) is 4.37. The van der Waals surface area contributed by atoms with Crippen LogP contribution in [0.25, 0.3) is 0 Å². The molecule has 0 amide bonds. The number of sulfonamides is 1. The smallest absolute Gasteiger partial charge is 0.240 e. The van der Waals surface area contributed by atoms with Gasteiger partial charge in [-0.15, -0.1) is 0 Å². The SMILES string of the molecule is CCOc1ncccc1CNS(=O)(=O)c1ccc(C(C)(C)C)cc1. The molecule has 0 radical (unpaired) electrons. The molecule has 1 aromatic carbocycles. The molecule has 0 atom stereocenters. The summed E-state index contributed by atoms with van der Waals surface area (Å²) in [6, 6.07) is 10.5. The van der Waals surface area contributed by atoms with Crippen molar-refractivity contribution in [1.29, 1.82) is 0 Å². The van der Waals surface area contributed by atoms with E-state index >= 15 is 0 Å². The molecule has 0 bridgehead atoms. The summed E-state index contributed by atoms with van der Waals surface area (Å²) in [6.45, 7) is 8.74. The summed E-state index contributed by atoms with van der Waals surface area (Å²) in [6.07, 6.45) is 1.62. The lowest BCUT2D eigenvalue weighted by molar-refractivity contribution is 0.322. The quantitative estimate of drug-likeness (QED) is 0.870. The van der Waals surface area contributed by atoms with Crippen LogP contribution in [0.2, 0.25) is 0 Å². The number of aromatic nitrogens is 1. The first kappa shape index (κ1) is 18.4. The van der Waals surface area contributed by atoms with Crippen molar-refractivity contribution in [2.45, 2.75) is 44.6 Å². The van der Waals surface area contributed by atoms with Gasteiger partial charge in [-0.1, -0.05) is 39.0 Å². The second-order valence-electron chi connectivity index (χ2n) is 6.50. The molecule has 2 aromatic rings. The van der Waals surface area contributed by atoms with Gasteiger partial charge in [0.2, 0.25) is 15.9 Å². The van der Waals surface area contributed by atoms with Crippen molar-refractivity contribution in [3.05, 3.63) is 53.7 Å². The van der Waals surface area contributed by atoms with E-state index in [2.05, 4.69) is 30.5 Å². The van der Waals surface area contributed by atoms with Gasteiger partial charge in [0, 0.05) is 18.3 Å². The Morgan fingerprint density at radius 2 is 1.79 bits per heavy atom. The van der Waals surface area contributed by atoms with E-state index < -0.39 is 10.0 Å². The highest BCUT2D eigenvalue weighted by molar-refractivity contribution is 7.89. The van der Waals surface area contributed by atoms with Gasteiger partial charge in [0.1, 0.15) is 0 Å². The molecule has 6 heteroatoms. The molecule has 5 nitrogen and oxygen atoms in total. The van der Waals surface area contributed by atoms with Crippen LogP contribution in [0.4, 0.5) is 0 Å². The molecular weight excluding hydrogens is 324 g/mol. The molecule has 1 heterocycles. The summed E-state index contributed by atoms with van der Waals surface area (Å²) in [5.41, 5.74) is 1.78. The Balaban J connectivity index is 2.15. The molecule has 2 rings (SSSR count). The fourth-order valence-electron chi connectivity index (χ4n) is 2.22. The van der Waals surface area contributed by atoms with Crippen LogP contribution in [0, 0.1) is 0 Å². The Labute approximate surface area is 144 Å².